The molecule has 104 valence electrons. The van der Waals surface area contributed by atoms with E-state index in [9.17, 15) is 0 Å². The standard InChI is InChI=1S/C16H13ClN4/c17-16-12-3-1-2-4-14(12)20-15(16)9-18-11-5-6-13-10(7-11)8-19-21-13/h1-8,18,20H,9H2,(H,19,21). The molecular weight excluding hydrogens is 284 g/mol. The molecule has 0 saturated heterocycles. The summed E-state index contributed by atoms with van der Waals surface area (Å²) < 4.78 is 0. The maximum atomic E-state index is 6.41. The first-order valence-corrected chi connectivity index (χ1v) is 7.11. The molecule has 0 aliphatic rings. The first-order chi connectivity index (χ1) is 10.3. The minimum absolute atomic E-state index is 0.650. The Morgan fingerprint density at radius 2 is 2.00 bits per heavy atom. The highest BCUT2D eigenvalue weighted by Gasteiger charge is 2.08. The fourth-order valence-electron chi connectivity index (χ4n) is 2.53. The van der Waals surface area contributed by atoms with Crippen molar-refractivity contribution in [2.75, 3.05) is 5.32 Å². The molecule has 21 heavy (non-hydrogen) atoms. The Labute approximate surface area is 126 Å². The van der Waals surface area contributed by atoms with Crippen LogP contribution in [0, 0.1) is 0 Å². The third kappa shape index (κ3) is 2.14. The summed E-state index contributed by atoms with van der Waals surface area (Å²) in [4.78, 5) is 3.35. The molecule has 2 heterocycles. The predicted octanol–water partition coefficient (Wildman–Crippen LogP) is 4.31. The summed E-state index contributed by atoms with van der Waals surface area (Å²) >= 11 is 6.41. The second-order valence-electron chi connectivity index (χ2n) is 4.99. The third-order valence-corrected chi connectivity index (χ3v) is 4.06. The van der Waals surface area contributed by atoms with Gasteiger partial charge in [-0.05, 0) is 24.3 Å². The number of fused-ring (bicyclic) bond motifs is 2. The molecule has 0 saturated carbocycles. The predicted molar refractivity (Wildman–Crippen MR) is 86.7 cm³/mol. The Bertz CT molecular complexity index is 922. The van der Waals surface area contributed by atoms with Gasteiger partial charge in [-0.3, -0.25) is 5.10 Å². The average molecular weight is 297 g/mol. The smallest absolute Gasteiger partial charge is 0.0710 e. The molecule has 4 nitrogen and oxygen atoms in total. The number of benzene rings is 2. The lowest BCUT2D eigenvalue weighted by atomic mass is 10.2. The lowest BCUT2D eigenvalue weighted by molar-refractivity contribution is 1.09. The maximum absolute atomic E-state index is 6.41. The molecule has 0 radical (unpaired) electrons. The number of hydrogen-bond donors (Lipinski definition) is 3. The van der Waals surface area contributed by atoms with Crippen molar-refractivity contribution in [2.24, 2.45) is 0 Å². The molecule has 0 bridgehead atoms. The maximum Gasteiger partial charge on any atom is 0.0710 e. The number of rotatable bonds is 3. The first kappa shape index (κ1) is 12.3. The van der Waals surface area contributed by atoms with Gasteiger partial charge in [0.25, 0.3) is 0 Å². The Kier molecular flexibility index (Phi) is 2.82. The minimum Gasteiger partial charge on any atom is -0.379 e. The second-order valence-corrected chi connectivity index (χ2v) is 5.37. The number of nitrogens with zero attached hydrogens (tertiary/aromatic N) is 1. The van der Waals surface area contributed by atoms with Crippen LogP contribution in [0.15, 0.2) is 48.7 Å². The van der Waals surface area contributed by atoms with Crippen LogP contribution in [0.25, 0.3) is 21.8 Å². The van der Waals surface area contributed by atoms with E-state index in [2.05, 4.69) is 26.6 Å². The van der Waals surface area contributed by atoms with Gasteiger partial charge in [-0.1, -0.05) is 29.8 Å². The van der Waals surface area contributed by atoms with Crippen molar-refractivity contribution in [1.82, 2.24) is 15.2 Å². The van der Waals surface area contributed by atoms with Gasteiger partial charge < -0.3 is 10.3 Å². The molecule has 2 aromatic carbocycles. The zero-order chi connectivity index (χ0) is 14.2. The van der Waals surface area contributed by atoms with Gasteiger partial charge in [0.2, 0.25) is 0 Å². The molecule has 4 rings (SSSR count). The van der Waals surface area contributed by atoms with Gasteiger partial charge in [-0.15, -0.1) is 0 Å². The highest BCUT2D eigenvalue weighted by Crippen LogP contribution is 2.28. The van der Waals surface area contributed by atoms with E-state index in [1.165, 1.54) is 0 Å². The van der Waals surface area contributed by atoms with E-state index in [0.29, 0.717) is 6.54 Å². The van der Waals surface area contributed by atoms with Crippen molar-refractivity contribution in [3.05, 3.63) is 59.4 Å². The fourth-order valence-corrected chi connectivity index (χ4v) is 2.81. The van der Waals surface area contributed by atoms with Gasteiger partial charge in [-0.2, -0.15) is 5.10 Å². The van der Waals surface area contributed by atoms with Crippen molar-refractivity contribution in [3.63, 3.8) is 0 Å². The van der Waals surface area contributed by atoms with Crippen LogP contribution in [0.5, 0.6) is 0 Å². The zero-order valence-electron chi connectivity index (χ0n) is 11.2. The molecule has 3 N–H and O–H groups in total. The quantitative estimate of drug-likeness (QED) is 0.527. The van der Waals surface area contributed by atoms with E-state index in [4.69, 9.17) is 11.6 Å². The number of nitrogens with one attached hydrogen (secondary N) is 3. The molecule has 0 amide bonds. The lowest BCUT2D eigenvalue weighted by Crippen LogP contribution is -1.99. The first-order valence-electron chi connectivity index (χ1n) is 6.73. The van der Waals surface area contributed by atoms with Crippen LogP contribution < -0.4 is 5.32 Å². The van der Waals surface area contributed by atoms with Crippen LogP contribution in [0.4, 0.5) is 5.69 Å². The Morgan fingerprint density at radius 3 is 2.90 bits per heavy atom. The van der Waals surface area contributed by atoms with Crippen LogP contribution in [-0.4, -0.2) is 15.2 Å². The fraction of sp³-hybridized carbons (Fsp3) is 0.0625. The van der Waals surface area contributed by atoms with Gasteiger partial charge in [0.05, 0.1) is 29.0 Å². The van der Waals surface area contributed by atoms with Gasteiger partial charge in [0.15, 0.2) is 0 Å². The van der Waals surface area contributed by atoms with Crippen molar-refractivity contribution in [2.45, 2.75) is 6.54 Å². The summed E-state index contributed by atoms with van der Waals surface area (Å²) in [6.45, 7) is 0.650. The molecule has 0 aliphatic carbocycles. The van der Waals surface area contributed by atoms with Crippen molar-refractivity contribution in [1.29, 1.82) is 0 Å². The van der Waals surface area contributed by atoms with Crippen molar-refractivity contribution < 1.29 is 0 Å². The molecule has 4 aromatic rings. The molecule has 0 fully saturated rings. The number of aromatic nitrogens is 3. The molecular formula is C16H13ClN4. The van der Waals surface area contributed by atoms with E-state index < -0.39 is 0 Å². The third-order valence-electron chi connectivity index (χ3n) is 3.62. The molecule has 0 unspecified atom stereocenters. The number of aromatic amines is 2. The highest BCUT2D eigenvalue weighted by molar-refractivity contribution is 6.36. The van der Waals surface area contributed by atoms with Gasteiger partial charge in [-0.25, -0.2) is 0 Å². The topological polar surface area (TPSA) is 56.5 Å². The van der Waals surface area contributed by atoms with Crippen LogP contribution in [0.3, 0.4) is 0 Å². The molecule has 5 heteroatoms. The largest absolute Gasteiger partial charge is 0.379 e. The summed E-state index contributed by atoms with van der Waals surface area (Å²) in [6.07, 6.45) is 1.82. The van der Waals surface area contributed by atoms with Gasteiger partial charge >= 0.3 is 0 Å². The van der Waals surface area contributed by atoms with Gasteiger partial charge in [0, 0.05) is 22.0 Å². The van der Waals surface area contributed by atoms with Crippen molar-refractivity contribution >= 4 is 39.1 Å². The van der Waals surface area contributed by atoms with E-state index in [1.54, 1.807) is 0 Å². The number of H-pyrrole nitrogens is 2. The summed E-state index contributed by atoms with van der Waals surface area (Å²) in [5, 5.41) is 13.3. The number of anilines is 1. The average Bonchev–Trinajstić information content (AvgIpc) is 3.10. The molecule has 0 aliphatic heterocycles. The van der Waals surface area contributed by atoms with Crippen molar-refractivity contribution in [3.8, 4) is 0 Å². The normalized spacial score (nSPS) is 11.3. The SMILES string of the molecule is Clc1c(CNc2ccc3[nH]ncc3c2)[nH]c2ccccc12. The van der Waals surface area contributed by atoms with E-state index in [0.717, 1.165) is 38.2 Å². The van der Waals surface area contributed by atoms with Crippen LogP contribution in [0.1, 0.15) is 5.69 Å². The summed E-state index contributed by atoms with van der Waals surface area (Å²) in [5.41, 5.74) is 4.12. The highest BCUT2D eigenvalue weighted by atomic mass is 35.5. The van der Waals surface area contributed by atoms with Gasteiger partial charge in [0.1, 0.15) is 0 Å². The Morgan fingerprint density at radius 1 is 1.10 bits per heavy atom. The van der Waals surface area contributed by atoms with Crippen LogP contribution >= 0.6 is 11.6 Å². The van der Waals surface area contributed by atoms with E-state index in [-0.39, 0.29) is 0 Å². The zero-order valence-corrected chi connectivity index (χ0v) is 11.9. The monoisotopic (exact) mass is 296 g/mol. The van der Waals surface area contributed by atoms with Crippen LogP contribution in [0.2, 0.25) is 5.02 Å². The van der Waals surface area contributed by atoms with E-state index in [1.807, 2.05) is 42.6 Å². The second kappa shape index (κ2) is 4.82. The number of hydrogen-bond acceptors (Lipinski definition) is 2. The Hall–Kier alpha value is -2.46. The number of halogens is 1. The van der Waals surface area contributed by atoms with Crippen LogP contribution in [-0.2, 0) is 6.54 Å². The minimum atomic E-state index is 0.650. The Balaban J connectivity index is 1.61. The summed E-state index contributed by atoms with van der Waals surface area (Å²) in [5.74, 6) is 0. The molecule has 0 spiro atoms. The molecule has 2 aromatic heterocycles. The number of para-hydroxylation sites is 1. The molecule has 0 atom stereocenters. The van der Waals surface area contributed by atoms with E-state index >= 15 is 0 Å². The summed E-state index contributed by atoms with van der Waals surface area (Å²) in [6, 6.07) is 14.1. The summed E-state index contributed by atoms with van der Waals surface area (Å²) in [7, 11) is 0. The lowest BCUT2D eigenvalue weighted by Gasteiger charge is -2.05.